The Kier molecular flexibility index (Phi) is 7.25. The second-order valence-electron chi connectivity index (χ2n) is 9.09. The molecule has 34 heavy (non-hydrogen) atoms. The third-order valence-corrected chi connectivity index (χ3v) is 7.85. The number of sulfone groups is 1. The van der Waals surface area contributed by atoms with E-state index >= 15 is 0 Å². The fraction of sp³-hybridized carbons (Fsp3) is 0.542. The number of carbonyl (C=O) groups excluding carboxylic acids is 1. The van der Waals surface area contributed by atoms with Gasteiger partial charge in [-0.25, -0.2) is 23.2 Å². The minimum absolute atomic E-state index is 0.0374. The molecule has 1 saturated heterocycles. The average molecular weight is 489 g/mol. The molecule has 0 atom stereocenters. The first kappa shape index (κ1) is 24.3. The van der Waals surface area contributed by atoms with Crippen LogP contribution in [0.1, 0.15) is 39.2 Å². The molecule has 0 aliphatic carbocycles. The number of piperidine rings is 1. The van der Waals surface area contributed by atoms with E-state index < -0.39 is 9.84 Å². The molecule has 1 aromatic heterocycles. The van der Waals surface area contributed by atoms with Crippen molar-refractivity contribution in [2.24, 2.45) is 5.92 Å². The van der Waals surface area contributed by atoms with Crippen LogP contribution in [0.15, 0.2) is 35.5 Å². The van der Waals surface area contributed by atoms with Crippen molar-refractivity contribution in [2.75, 3.05) is 36.9 Å². The highest BCUT2D eigenvalue weighted by Gasteiger charge is 2.27. The number of fused-ring (bicyclic) bond motifs is 1. The number of anilines is 2. The Morgan fingerprint density at radius 2 is 1.91 bits per heavy atom. The van der Waals surface area contributed by atoms with Gasteiger partial charge in [-0.1, -0.05) is 20.8 Å². The lowest BCUT2D eigenvalue weighted by Gasteiger charge is -2.31. The maximum atomic E-state index is 12.2. The monoisotopic (exact) mass is 488 g/mol. The predicted molar refractivity (Wildman–Crippen MR) is 128 cm³/mol. The number of carbonyl (C=O) groups is 1. The molecule has 2 aliphatic heterocycles. The highest BCUT2D eigenvalue weighted by molar-refractivity contribution is 7.91. The fourth-order valence-corrected chi connectivity index (χ4v) is 5.10. The minimum Gasteiger partial charge on any atom is -0.474 e. The van der Waals surface area contributed by atoms with Crippen molar-refractivity contribution in [1.82, 2.24) is 14.9 Å². The summed E-state index contributed by atoms with van der Waals surface area (Å²) in [7, 11) is -3.24. The van der Waals surface area contributed by atoms with Crippen LogP contribution in [0.4, 0.5) is 16.3 Å². The standard InChI is InChI=1S/C24H32N4O5S/c1-4-34(30,31)20-5-6-21-18(13-20)7-12-28(21)22-14-23(26-16-25-22)33-19-8-10-27(11-9-19)24(29)32-15-17(2)3/h5-6,13-14,16-17,19H,4,7-12,15H2,1-3H3. The smallest absolute Gasteiger partial charge is 0.409 e. The van der Waals surface area contributed by atoms with Crippen LogP contribution in [0.25, 0.3) is 0 Å². The molecule has 2 aliphatic rings. The highest BCUT2D eigenvalue weighted by atomic mass is 32.2. The average Bonchev–Trinajstić information content (AvgIpc) is 3.26. The number of rotatable bonds is 7. The SMILES string of the molecule is CCS(=O)(=O)c1ccc2c(c1)CCN2c1cc(OC2CCN(C(=O)OCC(C)C)CC2)ncn1. The first-order valence-electron chi connectivity index (χ1n) is 11.8. The first-order chi connectivity index (χ1) is 16.3. The molecule has 0 bridgehead atoms. The van der Waals surface area contributed by atoms with Gasteiger partial charge in [-0.2, -0.15) is 0 Å². The van der Waals surface area contributed by atoms with Crippen molar-refractivity contribution in [3.8, 4) is 5.88 Å². The van der Waals surface area contributed by atoms with E-state index in [2.05, 4.69) is 14.9 Å². The van der Waals surface area contributed by atoms with Crippen LogP contribution in [0.3, 0.4) is 0 Å². The van der Waals surface area contributed by atoms with Gasteiger partial charge in [0.1, 0.15) is 18.2 Å². The van der Waals surface area contributed by atoms with Gasteiger partial charge in [-0.05, 0) is 36.1 Å². The van der Waals surface area contributed by atoms with E-state index in [0.717, 1.165) is 17.7 Å². The molecule has 1 aromatic carbocycles. The minimum atomic E-state index is -3.24. The van der Waals surface area contributed by atoms with Gasteiger partial charge in [0.2, 0.25) is 5.88 Å². The lowest BCUT2D eigenvalue weighted by molar-refractivity contribution is 0.0606. The van der Waals surface area contributed by atoms with Crippen LogP contribution >= 0.6 is 0 Å². The molecule has 184 valence electrons. The summed E-state index contributed by atoms with van der Waals surface area (Å²) in [6.45, 7) is 7.98. The van der Waals surface area contributed by atoms with Crippen molar-refractivity contribution in [2.45, 2.75) is 51.0 Å². The molecule has 0 spiro atoms. The number of hydrogen-bond acceptors (Lipinski definition) is 8. The van der Waals surface area contributed by atoms with Gasteiger partial charge >= 0.3 is 6.09 Å². The second kappa shape index (κ2) is 10.2. The van der Waals surface area contributed by atoms with Crippen LogP contribution in [0, 0.1) is 5.92 Å². The van der Waals surface area contributed by atoms with E-state index in [1.807, 2.05) is 26.0 Å². The Hall–Kier alpha value is -2.88. The lowest BCUT2D eigenvalue weighted by atomic mass is 10.1. The molecular weight excluding hydrogens is 456 g/mol. The number of amides is 1. The molecule has 0 N–H and O–H groups in total. The molecule has 0 saturated carbocycles. The predicted octanol–water partition coefficient (Wildman–Crippen LogP) is 3.60. The van der Waals surface area contributed by atoms with Crippen molar-refractivity contribution < 1.29 is 22.7 Å². The quantitative estimate of drug-likeness (QED) is 0.583. The molecule has 9 nitrogen and oxygen atoms in total. The van der Waals surface area contributed by atoms with Crippen LogP contribution in [0.5, 0.6) is 5.88 Å². The number of nitrogens with zero attached hydrogens (tertiary/aromatic N) is 4. The van der Waals surface area contributed by atoms with Gasteiger partial charge in [-0.15, -0.1) is 0 Å². The maximum absolute atomic E-state index is 12.2. The Morgan fingerprint density at radius 3 is 2.62 bits per heavy atom. The Bertz CT molecular complexity index is 1130. The van der Waals surface area contributed by atoms with Gasteiger partial charge < -0.3 is 19.3 Å². The van der Waals surface area contributed by atoms with Crippen molar-refractivity contribution in [3.05, 3.63) is 36.2 Å². The summed E-state index contributed by atoms with van der Waals surface area (Å²) >= 11 is 0. The molecule has 3 heterocycles. The molecule has 10 heteroatoms. The third-order valence-electron chi connectivity index (χ3n) is 6.12. The molecule has 1 fully saturated rings. The summed E-state index contributed by atoms with van der Waals surface area (Å²) in [5.74, 6) is 1.60. The Balaban J connectivity index is 1.38. The number of benzene rings is 1. The lowest BCUT2D eigenvalue weighted by Crippen LogP contribution is -2.42. The molecule has 0 radical (unpaired) electrons. The first-order valence-corrected chi connectivity index (χ1v) is 13.5. The van der Waals surface area contributed by atoms with E-state index in [-0.39, 0.29) is 18.0 Å². The van der Waals surface area contributed by atoms with E-state index in [0.29, 0.717) is 61.6 Å². The van der Waals surface area contributed by atoms with Crippen molar-refractivity contribution in [1.29, 1.82) is 0 Å². The number of hydrogen-bond donors (Lipinski definition) is 0. The molecule has 2 aromatic rings. The number of likely N-dealkylation sites (tertiary alicyclic amines) is 1. The highest BCUT2D eigenvalue weighted by Crippen LogP contribution is 2.36. The number of aromatic nitrogens is 2. The second-order valence-corrected chi connectivity index (χ2v) is 11.4. The molecule has 4 rings (SSSR count). The summed E-state index contributed by atoms with van der Waals surface area (Å²) in [6, 6.07) is 7.10. The summed E-state index contributed by atoms with van der Waals surface area (Å²) in [6.07, 6.45) is 3.34. The summed E-state index contributed by atoms with van der Waals surface area (Å²) in [5, 5.41) is 0. The largest absolute Gasteiger partial charge is 0.474 e. The Morgan fingerprint density at radius 1 is 1.15 bits per heavy atom. The summed E-state index contributed by atoms with van der Waals surface area (Å²) < 4.78 is 35.9. The zero-order valence-corrected chi connectivity index (χ0v) is 20.8. The van der Waals surface area contributed by atoms with Crippen LogP contribution in [-0.2, 0) is 21.0 Å². The maximum Gasteiger partial charge on any atom is 0.409 e. The zero-order chi connectivity index (χ0) is 24.3. The van der Waals surface area contributed by atoms with Crippen molar-refractivity contribution in [3.63, 3.8) is 0 Å². The van der Waals surface area contributed by atoms with Gasteiger partial charge in [0.15, 0.2) is 9.84 Å². The fourth-order valence-electron chi connectivity index (χ4n) is 4.17. The van der Waals surface area contributed by atoms with E-state index in [9.17, 15) is 13.2 Å². The van der Waals surface area contributed by atoms with E-state index in [1.165, 1.54) is 6.33 Å². The van der Waals surface area contributed by atoms with Crippen LogP contribution in [0.2, 0.25) is 0 Å². The molecule has 0 unspecified atom stereocenters. The normalized spacial score (nSPS) is 16.6. The van der Waals surface area contributed by atoms with Gasteiger partial charge in [0, 0.05) is 44.2 Å². The number of ether oxygens (including phenoxy) is 2. The zero-order valence-electron chi connectivity index (χ0n) is 19.9. The van der Waals surface area contributed by atoms with Gasteiger partial charge in [-0.3, -0.25) is 0 Å². The summed E-state index contributed by atoms with van der Waals surface area (Å²) in [4.78, 5) is 25.0. The van der Waals surface area contributed by atoms with Gasteiger partial charge in [0.25, 0.3) is 0 Å². The molecular formula is C24H32N4O5S. The van der Waals surface area contributed by atoms with Gasteiger partial charge in [0.05, 0.1) is 17.3 Å². The topological polar surface area (TPSA) is 102 Å². The van der Waals surface area contributed by atoms with Crippen LogP contribution < -0.4 is 9.64 Å². The molecule has 1 amide bonds. The van der Waals surface area contributed by atoms with E-state index in [1.54, 1.807) is 24.0 Å². The van der Waals surface area contributed by atoms with E-state index in [4.69, 9.17) is 9.47 Å². The summed E-state index contributed by atoms with van der Waals surface area (Å²) in [5.41, 5.74) is 1.94. The third kappa shape index (κ3) is 5.43. The Labute approximate surface area is 201 Å². The van der Waals surface area contributed by atoms with Crippen molar-refractivity contribution >= 4 is 27.4 Å². The van der Waals surface area contributed by atoms with Crippen LogP contribution in [-0.4, -0.2) is 67.5 Å².